The third-order valence-corrected chi connectivity index (χ3v) is 3.40. The molecule has 0 unspecified atom stereocenters. The van der Waals surface area contributed by atoms with Crippen molar-refractivity contribution in [3.8, 4) is 6.07 Å². The first-order valence-electron chi connectivity index (χ1n) is 5.24. The van der Waals surface area contributed by atoms with E-state index < -0.39 is 0 Å². The lowest BCUT2D eigenvalue weighted by molar-refractivity contribution is 0.00261. The average Bonchev–Trinajstić information content (AvgIpc) is 2.19. The molecule has 0 bridgehead atoms. The second-order valence-electron chi connectivity index (χ2n) is 4.31. The van der Waals surface area contributed by atoms with E-state index in [0.717, 1.165) is 39.0 Å². The van der Waals surface area contributed by atoms with Crippen LogP contribution in [0.1, 0.15) is 12.8 Å². The summed E-state index contributed by atoms with van der Waals surface area (Å²) in [6.07, 6.45) is 1.44. The monoisotopic (exact) mass is 197 g/mol. The summed E-state index contributed by atoms with van der Waals surface area (Å²) in [4.78, 5) is 2.22. The van der Waals surface area contributed by atoms with E-state index >= 15 is 0 Å². The second-order valence-corrected chi connectivity index (χ2v) is 4.31. The number of nitrogens with zero attached hydrogens (tertiary/aromatic N) is 2. The highest BCUT2D eigenvalue weighted by Gasteiger charge is 2.49. The number of nitrogens with one attached hydrogen (secondary N) is 1. The van der Waals surface area contributed by atoms with E-state index in [1.807, 2.05) is 0 Å². The highest BCUT2D eigenvalue weighted by molar-refractivity contribution is 5.17. The van der Waals surface area contributed by atoms with Gasteiger partial charge in [-0.2, -0.15) is 5.26 Å². The number of rotatable bonds is 2. The van der Waals surface area contributed by atoms with Crippen molar-refractivity contribution >= 4 is 0 Å². The third-order valence-electron chi connectivity index (χ3n) is 3.40. The van der Waals surface area contributed by atoms with E-state index in [1.165, 1.54) is 0 Å². The molecule has 0 aromatic heterocycles. The number of hydrogen-bond donors (Lipinski definition) is 1. The first-order chi connectivity index (χ1) is 6.80. The Balaban J connectivity index is 1.97. The summed E-state index contributed by atoms with van der Waals surface area (Å²) < 4.78 is 12.3. The van der Waals surface area contributed by atoms with Gasteiger partial charge in [0.2, 0.25) is 0 Å². The van der Waals surface area contributed by atoms with Crippen molar-refractivity contribution in [1.29, 1.82) is 5.26 Å². The Hall–Kier alpha value is -0.660. The molecule has 1 saturated carbocycles. The first kappa shape index (κ1) is 9.88. The summed E-state index contributed by atoms with van der Waals surface area (Å²) in [7, 11) is 0. The van der Waals surface area contributed by atoms with Gasteiger partial charge in [0.25, 0.3) is 0 Å². The number of halogens is 1. The van der Waals surface area contributed by atoms with Crippen LogP contribution in [0.15, 0.2) is 0 Å². The maximum atomic E-state index is 12.3. The summed E-state index contributed by atoms with van der Waals surface area (Å²) in [6.45, 7) is 3.47. The fraction of sp³-hybridized carbons (Fsp3) is 0.900. The molecule has 1 aliphatic heterocycles. The Morgan fingerprint density at radius 3 is 2.57 bits per heavy atom. The normalized spacial score (nSPS) is 38.7. The number of nitriles is 1. The molecule has 0 spiro atoms. The van der Waals surface area contributed by atoms with Crippen molar-refractivity contribution in [3.05, 3.63) is 0 Å². The fourth-order valence-electron chi connectivity index (χ4n) is 2.52. The fourth-order valence-corrected chi connectivity index (χ4v) is 2.52. The number of piperazine rings is 1. The SMILES string of the molecule is N#CC1(N2CCNCC2)CC(CF)C1. The van der Waals surface area contributed by atoms with Gasteiger partial charge in [-0.25, -0.2) is 0 Å². The van der Waals surface area contributed by atoms with Crippen molar-refractivity contribution in [3.63, 3.8) is 0 Å². The number of hydrogen-bond acceptors (Lipinski definition) is 3. The quantitative estimate of drug-likeness (QED) is 0.702. The van der Waals surface area contributed by atoms with Crippen LogP contribution in [-0.4, -0.2) is 43.3 Å². The van der Waals surface area contributed by atoms with Gasteiger partial charge in [0.05, 0.1) is 12.7 Å². The van der Waals surface area contributed by atoms with E-state index in [1.54, 1.807) is 0 Å². The molecule has 0 radical (unpaired) electrons. The van der Waals surface area contributed by atoms with E-state index in [-0.39, 0.29) is 18.1 Å². The van der Waals surface area contributed by atoms with Crippen molar-refractivity contribution < 1.29 is 4.39 Å². The summed E-state index contributed by atoms with van der Waals surface area (Å²) in [5.74, 6) is 0.129. The molecule has 1 aliphatic carbocycles. The Labute approximate surface area is 83.9 Å². The van der Waals surface area contributed by atoms with Gasteiger partial charge in [0.15, 0.2) is 0 Å². The molecular weight excluding hydrogens is 181 g/mol. The Morgan fingerprint density at radius 2 is 2.07 bits per heavy atom. The van der Waals surface area contributed by atoms with Crippen LogP contribution in [0.2, 0.25) is 0 Å². The molecule has 2 fully saturated rings. The highest BCUT2D eigenvalue weighted by Crippen LogP contribution is 2.42. The molecule has 14 heavy (non-hydrogen) atoms. The van der Waals surface area contributed by atoms with Gasteiger partial charge >= 0.3 is 0 Å². The molecule has 2 aliphatic rings. The smallest absolute Gasteiger partial charge is 0.110 e. The summed E-state index contributed by atoms with van der Waals surface area (Å²) in [5.41, 5.74) is -0.334. The summed E-state index contributed by atoms with van der Waals surface area (Å²) >= 11 is 0. The highest BCUT2D eigenvalue weighted by atomic mass is 19.1. The zero-order valence-corrected chi connectivity index (χ0v) is 8.30. The van der Waals surface area contributed by atoms with Crippen molar-refractivity contribution in [2.45, 2.75) is 18.4 Å². The van der Waals surface area contributed by atoms with E-state index in [2.05, 4.69) is 16.3 Å². The lowest BCUT2D eigenvalue weighted by Gasteiger charge is -2.50. The molecule has 0 atom stereocenters. The van der Waals surface area contributed by atoms with Gasteiger partial charge < -0.3 is 5.32 Å². The van der Waals surface area contributed by atoms with Gasteiger partial charge in [-0.05, 0) is 18.8 Å². The first-order valence-corrected chi connectivity index (χ1v) is 5.24. The molecule has 1 heterocycles. The molecule has 0 aromatic carbocycles. The standard InChI is InChI=1S/C10H16FN3/c11-7-9-5-10(6-9,8-12)14-3-1-13-2-4-14/h9,13H,1-7H2. The zero-order chi connectivity index (χ0) is 10.0. The molecule has 0 aromatic rings. The van der Waals surface area contributed by atoms with Gasteiger partial charge in [-0.3, -0.25) is 9.29 Å². The molecule has 0 amide bonds. The van der Waals surface area contributed by atoms with Gasteiger partial charge in [-0.1, -0.05) is 0 Å². The second kappa shape index (κ2) is 3.84. The topological polar surface area (TPSA) is 39.1 Å². The van der Waals surface area contributed by atoms with Crippen LogP contribution in [0, 0.1) is 17.2 Å². The zero-order valence-electron chi connectivity index (χ0n) is 8.30. The van der Waals surface area contributed by atoms with E-state index in [9.17, 15) is 4.39 Å². The minimum atomic E-state index is -0.334. The molecule has 1 saturated heterocycles. The lowest BCUT2D eigenvalue weighted by Crippen LogP contribution is -2.61. The van der Waals surface area contributed by atoms with Crippen molar-refractivity contribution in [1.82, 2.24) is 10.2 Å². The Kier molecular flexibility index (Phi) is 2.71. The van der Waals surface area contributed by atoms with Crippen molar-refractivity contribution in [2.24, 2.45) is 5.92 Å². The van der Waals surface area contributed by atoms with Gasteiger partial charge in [-0.15, -0.1) is 0 Å². The third kappa shape index (κ3) is 1.51. The minimum absolute atomic E-state index is 0.129. The predicted molar refractivity (Wildman–Crippen MR) is 51.5 cm³/mol. The average molecular weight is 197 g/mol. The summed E-state index contributed by atoms with van der Waals surface area (Å²) in [5, 5.41) is 12.4. The maximum absolute atomic E-state index is 12.3. The Morgan fingerprint density at radius 1 is 1.43 bits per heavy atom. The largest absolute Gasteiger partial charge is 0.314 e. The molecule has 78 valence electrons. The molecular formula is C10H16FN3. The lowest BCUT2D eigenvalue weighted by atomic mass is 9.68. The van der Waals surface area contributed by atoms with Crippen LogP contribution < -0.4 is 5.32 Å². The van der Waals surface area contributed by atoms with Crippen LogP contribution >= 0.6 is 0 Å². The van der Waals surface area contributed by atoms with Crippen LogP contribution in [-0.2, 0) is 0 Å². The summed E-state index contributed by atoms with van der Waals surface area (Å²) in [6, 6.07) is 2.38. The molecule has 3 nitrogen and oxygen atoms in total. The van der Waals surface area contributed by atoms with Crippen molar-refractivity contribution in [2.75, 3.05) is 32.9 Å². The number of alkyl halides is 1. The van der Waals surface area contributed by atoms with E-state index in [0.29, 0.717) is 0 Å². The molecule has 4 heteroatoms. The molecule has 1 N–H and O–H groups in total. The van der Waals surface area contributed by atoms with Gasteiger partial charge in [0.1, 0.15) is 5.54 Å². The van der Waals surface area contributed by atoms with Crippen LogP contribution in [0.3, 0.4) is 0 Å². The molecule has 2 rings (SSSR count). The maximum Gasteiger partial charge on any atom is 0.110 e. The Bertz CT molecular complexity index is 236. The predicted octanol–water partition coefficient (Wildman–Crippen LogP) is 0.533. The minimum Gasteiger partial charge on any atom is -0.314 e. The van der Waals surface area contributed by atoms with Crippen LogP contribution in [0.5, 0.6) is 0 Å². The van der Waals surface area contributed by atoms with Crippen LogP contribution in [0.4, 0.5) is 4.39 Å². The van der Waals surface area contributed by atoms with E-state index in [4.69, 9.17) is 5.26 Å². The van der Waals surface area contributed by atoms with Crippen LogP contribution in [0.25, 0.3) is 0 Å². The van der Waals surface area contributed by atoms with Gasteiger partial charge in [0, 0.05) is 26.2 Å².